The van der Waals surface area contributed by atoms with Crippen LogP contribution in [-0.2, 0) is 11.9 Å². The van der Waals surface area contributed by atoms with E-state index in [0.717, 1.165) is 29.9 Å². The van der Waals surface area contributed by atoms with Crippen LogP contribution in [0.2, 0.25) is 0 Å². The quantitative estimate of drug-likeness (QED) is 0.285. The van der Waals surface area contributed by atoms with Gasteiger partial charge < -0.3 is 10.3 Å². The van der Waals surface area contributed by atoms with Gasteiger partial charge in [0.2, 0.25) is 0 Å². The van der Waals surface area contributed by atoms with E-state index in [-0.39, 0.29) is 5.69 Å². The second-order valence-electron chi connectivity index (χ2n) is 6.33. The van der Waals surface area contributed by atoms with Crippen LogP contribution >= 0.6 is 11.8 Å². The van der Waals surface area contributed by atoms with Crippen LogP contribution in [0.3, 0.4) is 0 Å². The first-order chi connectivity index (χ1) is 14.3. The Balaban J connectivity index is 1.49. The van der Waals surface area contributed by atoms with E-state index in [1.165, 1.54) is 23.9 Å². The molecular formula is C20H13F5N4S. The standard InChI is InChI=1S/C20H13F5N4S/c21-11-1-3-15(14(22)7-11)27-12-2-4-16-17(8-12)29-19(28-16)10-30-13-5-6-26-18(9-13)20(23,24)25/h1-9,27H,10H2,(H,28,29). The van der Waals surface area contributed by atoms with Crippen molar-refractivity contribution in [2.24, 2.45) is 0 Å². The molecular weight excluding hydrogens is 423 g/mol. The van der Waals surface area contributed by atoms with Gasteiger partial charge in [0.1, 0.15) is 23.2 Å². The Morgan fingerprint density at radius 3 is 2.60 bits per heavy atom. The first-order valence-electron chi connectivity index (χ1n) is 8.65. The van der Waals surface area contributed by atoms with Gasteiger partial charge in [-0.1, -0.05) is 0 Å². The van der Waals surface area contributed by atoms with Crippen molar-refractivity contribution in [1.29, 1.82) is 0 Å². The van der Waals surface area contributed by atoms with Gasteiger partial charge in [-0.15, -0.1) is 11.8 Å². The van der Waals surface area contributed by atoms with E-state index < -0.39 is 23.5 Å². The molecule has 2 aromatic heterocycles. The normalized spacial score (nSPS) is 11.8. The van der Waals surface area contributed by atoms with Crippen molar-refractivity contribution in [3.8, 4) is 0 Å². The predicted molar refractivity (Wildman–Crippen MR) is 105 cm³/mol. The fraction of sp³-hybridized carbons (Fsp3) is 0.100. The molecule has 4 aromatic rings. The largest absolute Gasteiger partial charge is 0.433 e. The lowest BCUT2D eigenvalue weighted by Gasteiger charge is -2.07. The maximum Gasteiger partial charge on any atom is 0.433 e. The molecule has 0 atom stereocenters. The third kappa shape index (κ3) is 4.54. The highest BCUT2D eigenvalue weighted by Gasteiger charge is 2.32. The van der Waals surface area contributed by atoms with E-state index in [0.29, 0.717) is 27.7 Å². The Morgan fingerprint density at radius 2 is 1.83 bits per heavy atom. The number of nitrogens with one attached hydrogen (secondary N) is 2. The first-order valence-corrected chi connectivity index (χ1v) is 9.63. The zero-order valence-corrected chi connectivity index (χ0v) is 15.9. The van der Waals surface area contributed by atoms with Crippen molar-refractivity contribution in [3.05, 3.63) is 77.9 Å². The number of benzene rings is 2. The number of nitrogens with zero attached hydrogens (tertiary/aromatic N) is 2. The highest BCUT2D eigenvalue weighted by atomic mass is 32.2. The number of halogens is 5. The van der Waals surface area contributed by atoms with E-state index >= 15 is 0 Å². The number of hydrogen-bond donors (Lipinski definition) is 2. The number of fused-ring (bicyclic) bond motifs is 1. The maximum atomic E-state index is 13.8. The van der Waals surface area contributed by atoms with Crippen molar-refractivity contribution in [2.45, 2.75) is 16.8 Å². The number of aromatic nitrogens is 3. The minimum atomic E-state index is -4.50. The number of imidazole rings is 1. The fourth-order valence-electron chi connectivity index (χ4n) is 2.76. The van der Waals surface area contributed by atoms with Crippen molar-refractivity contribution >= 4 is 34.2 Å². The smallest absolute Gasteiger partial charge is 0.353 e. The molecule has 154 valence electrons. The summed E-state index contributed by atoms with van der Waals surface area (Å²) in [7, 11) is 0. The van der Waals surface area contributed by atoms with Gasteiger partial charge in [0.25, 0.3) is 0 Å². The third-order valence-corrected chi connectivity index (χ3v) is 5.14. The van der Waals surface area contributed by atoms with Crippen molar-refractivity contribution < 1.29 is 22.0 Å². The first kappa shape index (κ1) is 20.1. The van der Waals surface area contributed by atoms with Crippen molar-refractivity contribution in [1.82, 2.24) is 15.0 Å². The minimum absolute atomic E-state index is 0.125. The number of anilines is 2. The molecule has 2 aromatic carbocycles. The molecule has 0 amide bonds. The van der Waals surface area contributed by atoms with Gasteiger partial charge in [-0.05, 0) is 42.5 Å². The number of pyridine rings is 1. The van der Waals surface area contributed by atoms with Crippen LogP contribution in [-0.4, -0.2) is 15.0 Å². The predicted octanol–water partition coefficient (Wildman–Crippen LogP) is 6.29. The summed E-state index contributed by atoms with van der Waals surface area (Å²) in [5, 5.41) is 2.86. The average molecular weight is 436 g/mol. The molecule has 2 N–H and O–H groups in total. The second kappa shape index (κ2) is 7.94. The Labute approximate surface area is 171 Å². The molecule has 0 saturated carbocycles. The maximum absolute atomic E-state index is 13.8. The van der Waals surface area contributed by atoms with Gasteiger partial charge in [0.05, 0.1) is 22.5 Å². The van der Waals surface area contributed by atoms with Crippen molar-refractivity contribution in [3.63, 3.8) is 0 Å². The lowest BCUT2D eigenvalue weighted by molar-refractivity contribution is -0.141. The topological polar surface area (TPSA) is 53.6 Å². The molecule has 30 heavy (non-hydrogen) atoms. The summed E-state index contributed by atoms with van der Waals surface area (Å²) in [6, 6.07) is 10.9. The molecule has 0 bridgehead atoms. The number of hydrogen-bond acceptors (Lipinski definition) is 4. The number of H-pyrrole nitrogens is 1. The van der Waals surface area contributed by atoms with Crippen LogP contribution in [0.1, 0.15) is 11.5 Å². The molecule has 0 unspecified atom stereocenters. The molecule has 0 aliphatic rings. The number of thioether (sulfide) groups is 1. The lowest BCUT2D eigenvalue weighted by Crippen LogP contribution is -2.07. The summed E-state index contributed by atoms with van der Waals surface area (Å²) >= 11 is 1.19. The van der Waals surface area contributed by atoms with Crippen LogP contribution in [0.4, 0.5) is 33.3 Å². The van der Waals surface area contributed by atoms with Gasteiger partial charge in [-0.2, -0.15) is 13.2 Å². The van der Waals surface area contributed by atoms with Gasteiger partial charge in [-0.25, -0.2) is 13.8 Å². The molecule has 0 radical (unpaired) electrons. The molecule has 4 rings (SSSR count). The second-order valence-corrected chi connectivity index (χ2v) is 7.38. The Morgan fingerprint density at radius 1 is 1.00 bits per heavy atom. The number of alkyl halides is 3. The molecule has 0 saturated heterocycles. The van der Waals surface area contributed by atoms with Crippen LogP contribution < -0.4 is 5.32 Å². The number of aromatic amines is 1. The van der Waals surface area contributed by atoms with Crippen LogP contribution in [0, 0.1) is 11.6 Å². The summed E-state index contributed by atoms with van der Waals surface area (Å²) < 4.78 is 65.2. The molecule has 0 aliphatic carbocycles. The highest BCUT2D eigenvalue weighted by Crippen LogP contribution is 2.31. The highest BCUT2D eigenvalue weighted by molar-refractivity contribution is 7.98. The molecule has 0 fully saturated rings. The average Bonchev–Trinajstić information content (AvgIpc) is 3.10. The Kier molecular flexibility index (Phi) is 5.33. The summed E-state index contributed by atoms with van der Waals surface area (Å²) in [6.45, 7) is 0. The summed E-state index contributed by atoms with van der Waals surface area (Å²) in [5.74, 6) is -0.486. The van der Waals surface area contributed by atoms with E-state index in [1.807, 2.05) is 0 Å². The van der Waals surface area contributed by atoms with Crippen molar-refractivity contribution in [2.75, 3.05) is 5.32 Å². The lowest BCUT2D eigenvalue weighted by atomic mass is 10.2. The molecule has 4 nitrogen and oxygen atoms in total. The van der Waals surface area contributed by atoms with E-state index in [9.17, 15) is 22.0 Å². The van der Waals surface area contributed by atoms with Gasteiger partial charge >= 0.3 is 6.18 Å². The molecule has 0 aliphatic heterocycles. The Hall–Kier alpha value is -3.14. The molecule has 10 heteroatoms. The van der Waals surface area contributed by atoms with Gasteiger partial charge in [0, 0.05) is 22.8 Å². The molecule has 2 heterocycles. The monoisotopic (exact) mass is 436 g/mol. The minimum Gasteiger partial charge on any atom is -0.353 e. The third-order valence-electron chi connectivity index (χ3n) is 4.14. The summed E-state index contributed by atoms with van der Waals surface area (Å²) in [6.07, 6.45) is -3.38. The fourth-order valence-corrected chi connectivity index (χ4v) is 3.55. The van der Waals surface area contributed by atoms with Crippen LogP contribution in [0.15, 0.2) is 59.6 Å². The van der Waals surface area contributed by atoms with E-state index in [4.69, 9.17) is 0 Å². The molecule has 0 spiro atoms. The van der Waals surface area contributed by atoms with Crippen LogP contribution in [0.25, 0.3) is 11.0 Å². The van der Waals surface area contributed by atoms with E-state index in [1.54, 1.807) is 18.2 Å². The van der Waals surface area contributed by atoms with Gasteiger partial charge in [-0.3, -0.25) is 4.98 Å². The Bertz CT molecular complexity index is 1210. The summed E-state index contributed by atoms with van der Waals surface area (Å²) in [4.78, 5) is 11.3. The zero-order chi connectivity index (χ0) is 21.3. The van der Waals surface area contributed by atoms with E-state index in [2.05, 4.69) is 20.3 Å². The summed E-state index contributed by atoms with van der Waals surface area (Å²) in [5.41, 5.74) is 1.06. The van der Waals surface area contributed by atoms with Gasteiger partial charge in [0.15, 0.2) is 0 Å². The number of rotatable bonds is 5. The zero-order valence-electron chi connectivity index (χ0n) is 15.1. The van der Waals surface area contributed by atoms with Crippen LogP contribution in [0.5, 0.6) is 0 Å². The SMILES string of the molecule is Fc1ccc(Nc2ccc3[nH]c(CSc4ccnc(C(F)(F)F)c4)nc3c2)c(F)c1.